The van der Waals surface area contributed by atoms with E-state index in [1.54, 1.807) is 6.07 Å². The number of nitriles is 1. The maximum Gasteiger partial charge on any atom is 0.263 e. The molecule has 11 heteroatoms. The molecule has 0 aromatic heterocycles. The van der Waals surface area contributed by atoms with E-state index < -0.39 is 52.8 Å². The second kappa shape index (κ2) is 8.36. The number of hydrogen-bond acceptors (Lipinski definition) is 4. The summed E-state index contributed by atoms with van der Waals surface area (Å²) in [6, 6.07) is 3.90. The Hall–Kier alpha value is -1.77. The molecule has 0 saturated carbocycles. The number of thiocarbonyl (C=S) groups is 1. The molecule has 0 radical (unpaired) electrons. The molecule has 24 heavy (non-hydrogen) atoms. The van der Waals surface area contributed by atoms with E-state index in [1.165, 1.54) is 0 Å². The molecule has 132 valence electrons. The van der Waals surface area contributed by atoms with Crippen LogP contribution in [0.15, 0.2) is 18.2 Å². The van der Waals surface area contributed by atoms with Gasteiger partial charge in [0.05, 0.1) is 23.4 Å². The van der Waals surface area contributed by atoms with Crippen LogP contribution in [0.3, 0.4) is 0 Å². The zero-order valence-electron chi connectivity index (χ0n) is 12.1. The molecule has 1 aromatic rings. The summed E-state index contributed by atoms with van der Waals surface area (Å²) in [6.07, 6.45) is -6.06. The molecule has 0 aliphatic carbocycles. The maximum atomic E-state index is 12.8. The topological polar surface area (TPSA) is 87.2 Å². The third-order valence-corrected chi connectivity index (χ3v) is 4.74. The smallest absolute Gasteiger partial charge is 0.263 e. The van der Waals surface area contributed by atoms with Gasteiger partial charge in [-0.1, -0.05) is 12.2 Å². The summed E-state index contributed by atoms with van der Waals surface area (Å²) in [4.78, 5) is -0.191. The van der Waals surface area contributed by atoms with Gasteiger partial charge in [0.25, 0.3) is 12.9 Å². The van der Waals surface area contributed by atoms with E-state index in [1.807, 2.05) is 0 Å². The first kappa shape index (κ1) is 20.3. The normalized spacial score (nSPS) is 11.9. The van der Waals surface area contributed by atoms with Crippen LogP contribution in [0.4, 0.5) is 17.6 Å². The predicted molar refractivity (Wildman–Crippen MR) is 83.0 cm³/mol. The molecule has 0 spiro atoms. The number of benzene rings is 1. The third kappa shape index (κ3) is 5.70. The predicted octanol–water partition coefficient (Wildman–Crippen LogP) is 2.50. The molecule has 0 atom stereocenters. The quantitative estimate of drug-likeness (QED) is 0.423. The molecular weight excluding hydrogens is 370 g/mol. The average Bonchev–Trinajstić information content (AvgIpc) is 2.45. The molecule has 0 heterocycles. The van der Waals surface area contributed by atoms with Gasteiger partial charge in [0, 0.05) is 11.1 Å². The van der Waals surface area contributed by atoms with Crippen molar-refractivity contribution in [3.63, 3.8) is 0 Å². The van der Waals surface area contributed by atoms with Crippen molar-refractivity contribution in [2.24, 2.45) is 5.73 Å². The summed E-state index contributed by atoms with van der Waals surface area (Å²) >= 11 is 4.59. The Kier molecular flexibility index (Phi) is 7.07. The highest BCUT2D eigenvalue weighted by Crippen LogP contribution is 2.28. The summed E-state index contributed by atoms with van der Waals surface area (Å²) in [7, 11) is -4.16. The van der Waals surface area contributed by atoms with Gasteiger partial charge in [-0.05, 0) is 23.8 Å². The zero-order chi connectivity index (χ0) is 18.5. The molecule has 0 unspecified atom stereocenters. The largest absolute Gasteiger partial charge is 0.392 e. The van der Waals surface area contributed by atoms with Gasteiger partial charge in [-0.15, -0.1) is 0 Å². The van der Waals surface area contributed by atoms with Crippen LogP contribution >= 0.6 is 12.2 Å². The number of nitrogens with two attached hydrogens (primary N) is 1. The summed E-state index contributed by atoms with van der Waals surface area (Å²) in [5.41, 5.74) is 3.60. The van der Waals surface area contributed by atoms with E-state index in [2.05, 4.69) is 12.2 Å². The molecule has 1 aromatic carbocycles. The van der Waals surface area contributed by atoms with Crippen molar-refractivity contribution < 1.29 is 26.0 Å². The molecule has 0 aliphatic rings. The Labute approximate surface area is 141 Å². The minimum Gasteiger partial charge on any atom is -0.392 e. The maximum absolute atomic E-state index is 12.8. The van der Waals surface area contributed by atoms with E-state index in [0.29, 0.717) is 10.4 Å². The lowest BCUT2D eigenvalue weighted by Crippen LogP contribution is -2.38. The van der Waals surface area contributed by atoms with Crippen molar-refractivity contribution in [1.29, 1.82) is 5.26 Å². The van der Waals surface area contributed by atoms with Crippen molar-refractivity contribution in [2.45, 2.75) is 18.6 Å². The Bertz CT molecular complexity index is 722. The van der Waals surface area contributed by atoms with Crippen molar-refractivity contribution in [2.75, 3.05) is 13.1 Å². The second-order valence-electron chi connectivity index (χ2n) is 4.76. The average molecular weight is 383 g/mol. The molecule has 5 nitrogen and oxygen atoms in total. The zero-order valence-corrected chi connectivity index (χ0v) is 13.8. The van der Waals surface area contributed by atoms with Crippen molar-refractivity contribution in [3.05, 3.63) is 34.9 Å². The number of sulfonamides is 1. The lowest BCUT2D eigenvalue weighted by Gasteiger charge is -2.19. The van der Waals surface area contributed by atoms with Gasteiger partial charge >= 0.3 is 0 Å². The van der Waals surface area contributed by atoms with Crippen molar-refractivity contribution in [3.8, 4) is 6.07 Å². The lowest BCUT2D eigenvalue weighted by atomic mass is 10.1. The first-order valence-electron chi connectivity index (χ1n) is 6.40. The van der Waals surface area contributed by atoms with Gasteiger partial charge < -0.3 is 5.73 Å². The van der Waals surface area contributed by atoms with Crippen LogP contribution in [-0.2, 0) is 15.8 Å². The highest BCUT2D eigenvalue weighted by molar-refractivity contribution is 7.88. The third-order valence-electron chi connectivity index (χ3n) is 2.86. The Morgan fingerprint density at radius 1 is 1.21 bits per heavy atom. The molecule has 1 rings (SSSR count). The highest BCUT2D eigenvalue weighted by atomic mass is 32.2. The van der Waals surface area contributed by atoms with Crippen LogP contribution in [-0.4, -0.2) is 30.8 Å². The molecule has 2 N–H and O–H groups in total. The Morgan fingerprint density at radius 2 is 1.71 bits per heavy atom. The number of alkyl halides is 4. The first-order valence-corrected chi connectivity index (χ1v) is 8.41. The minimum atomic E-state index is -4.16. The number of rotatable bonds is 8. The van der Waals surface area contributed by atoms with Crippen molar-refractivity contribution >= 4 is 27.2 Å². The SMILES string of the molecule is N#CCN(CC(N)=S)S(=O)(=O)Cc1cc(C(F)F)cc(C(F)F)c1. The number of halogens is 4. The van der Waals surface area contributed by atoms with Crippen LogP contribution in [0.25, 0.3) is 0 Å². The molecule has 0 fully saturated rings. The molecule has 0 amide bonds. The Balaban J connectivity index is 3.21. The van der Waals surface area contributed by atoms with E-state index >= 15 is 0 Å². The van der Waals surface area contributed by atoms with E-state index in [9.17, 15) is 26.0 Å². The summed E-state index contributed by atoms with van der Waals surface area (Å²) in [5, 5.41) is 8.67. The van der Waals surface area contributed by atoms with Gasteiger partial charge in [-0.25, -0.2) is 26.0 Å². The van der Waals surface area contributed by atoms with Gasteiger partial charge in [0.1, 0.15) is 6.54 Å². The highest BCUT2D eigenvalue weighted by Gasteiger charge is 2.24. The van der Waals surface area contributed by atoms with Gasteiger partial charge in [-0.2, -0.15) is 9.57 Å². The first-order chi connectivity index (χ1) is 11.1. The molecule has 0 saturated heterocycles. The van der Waals surface area contributed by atoms with Gasteiger partial charge in [0.2, 0.25) is 10.0 Å². The van der Waals surface area contributed by atoms with E-state index in [0.717, 1.165) is 12.1 Å². The second-order valence-corrected chi connectivity index (χ2v) is 7.25. The van der Waals surface area contributed by atoms with Crippen LogP contribution in [0.5, 0.6) is 0 Å². The van der Waals surface area contributed by atoms with E-state index in [-0.39, 0.29) is 10.6 Å². The standard InChI is InChI=1S/C13H13F4N3O2S2/c14-12(15)9-3-8(4-10(5-9)13(16)17)7-24(21,22)20(2-1-18)6-11(19)23/h3-5,12-13H,2,6-7H2,(H2,19,23). The monoisotopic (exact) mass is 383 g/mol. The van der Waals surface area contributed by atoms with Crippen LogP contribution in [0.1, 0.15) is 29.5 Å². The van der Waals surface area contributed by atoms with Crippen LogP contribution in [0.2, 0.25) is 0 Å². The Morgan fingerprint density at radius 3 is 2.08 bits per heavy atom. The summed E-state index contributed by atoms with van der Waals surface area (Å²) in [6.45, 7) is -0.975. The van der Waals surface area contributed by atoms with Crippen LogP contribution in [0, 0.1) is 11.3 Å². The van der Waals surface area contributed by atoms with Gasteiger partial charge in [0.15, 0.2) is 0 Å². The minimum absolute atomic E-state index is 0.191. The lowest BCUT2D eigenvalue weighted by molar-refractivity contribution is 0.144. The molecule has 0 bridgehead atoms. The van der Waals surface area contributed by atoms with Crippen molar-refractivity contribution in [1.82, 2.24) is 4.31 Å². The molecule has 0 aliphatic heterocycles. The number of nitrogens with zero attached hydrogens (tertiary/aromatic N) is 2. The van der Waals surface area contributed by atoms with Gasteiger partial charge in [-0.3, -0.25) is 0 Å². The fraction of sp³-hybridized carbons (Fsp3) is 0.385. The summed E-state index contributed by atoms with van der Waals surface area (Å²) < 4.78 is 76.4. The summed E-state index contributed by atoms with van der Waals surface area (Å²) in [5.74, 6) is -0.836. The number of hydrogen-bond donors (Lipinski definition) is 1. The van der Waals surface area contributed by atoms with E-state index in [4.69, 9.17) is 11.0 Å². The fourth-order valence-corrected chi connectivity index (χ4v) is 3.49. The molecular formula is C13H13F4N3O2S2. The van der Waals surface area contributed by atoms with Crippen LogP contribution < -0.4 is 5.73 Å². The fourth-order valence-electron chi connectivity index (χ4n) is 1.89.